The molecule has 0 bridgehead atoms. The molecule has 4 N–H and O–H groups in total. The molecule has 1 aromatic heterocycles. The van der Waals surface area contributed by atoms with Crippen LogP contribution in [-0.4, -0.2) is 156 Å². The lowest BCUT2D eigenvalue weighted by Crippen LogP contribution is -2.66. The molecule has 0 saturated carbocycles. The molecule has 8 heterocycles. The molecule has 2 aromatic carbocycles. The molecular formula is C52H70F2N12O4. The smallest absolute Gasteiger partial charge is 0.255 e. The van der Waals surface area contributed by atoms with Crippen molar-refractivity contribution < 1.29 is 28.0 Å². The molecule has 7 aliphatic rings. The molecule has 18 heteroatoms. The van der Waals surface area contributed by atoms with E-state index in [1.165, 1.54) is 25.0 Å². The molecule has 2 spiro atoms. The second-order valence-electron chi connectivity index (χ2n) is 22.2. The van der Waals surface area contributed by atoms with Crippen LogP contribution in [0.1, 0.15) is 99.5 Å². The van der Waals surface area contributed by atoms with Gasteiger partial charge in [-0.15, -0.1) is 0 Å². The summed E-state index contributed by atoms with van der Waals surface area (Å²) in [4.78, 5) is 72.3. The van der Waals surface area contributed by atoms with Crippen molar-refractivity contribution in [1.82, 2.24) is 40.2 Å². The van der Waals surface area contributed by atoms with Crippen molar-refractivity contribution >= 4 is 46.6 Å². The van der Waals surface area contributed by atoms with Gasteiger partial charge in [0.05, 0.1) is 17.8 Å². The van der Waals surface area contributed by atoms with Crippen LogP contribution < -0.4 is 31.1 Å². The zero-order valence-electron chi connectivity index (χ0n) is 41.0. The predicted octanol–water partition coefficient (Wildman–Crippen LogP) is 4.82. The number of rotatable bonds is 15. The van der Waals surface area contributed by atoms with E-state index in [1.54, 1.807) is 16.1 Å². The van der Waals surface area contributed by atoms with E-state index in [0.29, 0.717) is 68.5 Å². The lowest BCUT2D eigenvalue weighted by atomic mass is 9.82. The minimum Gasteiger partial charge on any atom is -0.385 e. The van der Waals surface area contributed by atoms with Crippen molar-refractivity contribution in [3.05, 3.63) is 71.1 Å². The molecule has 10 rings (SSSR count). The van der Waals surface area contributed by atoms with Gasteiger partial charge in [-0.2, -0.15) is 0 Å². The summed E-state index contributed by atoms with van der Waals surface area (Å²) in [7, 11) is 0. The average molecular weight is 965 g/mol. The third-order valence-corrected chi connectivity index (χ3v) is 16.5. The summed E-state index contributed by atoms with van der Waals surface area (Å²) in [6.45, 7) is 16.9. The molecule has 2 atom stereocenters. The van der Waals surface area contributed by atoms with E-state index < -0.39 is 29.1 Å². The van der Waals surface area contributed by atoms with Crippen molar-refractivity contribution in [1.29, 1.82) is 0 Å². The number of hydrogen-bond donors (Lipinski definition) is 4. The standard InChI is InChI=1S/C52H70F2N12O4/c1-50(2)9-19-61(20-10-50)29-37-26-41(54)43(27-40(37)53)65-31-47(68)60-52(34-65)13-23-64(24-14-52)45-28-44(57-35-58-45)56-16-4-18-63-22-12-51(33-63)11-21-62(32-51)17-3-15-55-38-5-6-39-36(25-38)30-66(49(39)70)42-7-8-46(67)59-48(42)69/h5-6,25-28,35,42,55H,3-4,7-24,29-34H2,1-2H3,(H,60,68)(H,56,57,58)(H,59,67,69)/t42?,51-/m1/s1. The van der Waals surface area contributed by atoms with Gasteiger partial charge in [-0.25, -0.2) is 18.7 Å². The summed E-state index contributed by atoms with van der Waals surface area (Å²) in [5, 5.41) is 12.7. The maximum atomic E-state index is 15.7. The van der Waals surface area contributed by atoms with Gasteiger partial charge in [0.15, 0.2) is 0 Å². The number of benzene rings is 2. The summed E-state index contributed by atoms with van der Waals surface area (Å²) >= 11 is 0. The normalized spacial score (nSPS) is 25.0. The molecule has 1 unspecified atom stereocenters. The molecule has 376 valence electrons. The van der Waals surface area contributed by atoms with Crippen molar-refractivity contribution in [2.75, 3.05) is 112 Å². The fourth-order valence-corrected chi connectivity index (χ4v) is 12.2. The zero-order valence-corrected chi connectivity index (χ0v) is 41.0. The van der Waals surface area contributed by atoms with Crippen LogP contribution in [0.3, 0.4) is 0 Å². The molecule has 6 saturated heterocycles. The van der Waals surface area contributed by atoms with Crippen molar-refractivity contribution in [3.8, 4) is 0 Å². The number of nitrogens with zero attached hydrogens (tertiary/aromatic N) is 8. The van der Waals surface area contributed by atoms with Crippen molar-refractivity contribution in [3.63, 3.8) is 0 Å². The summed E-state index contributed by atoms with van der Waals surface area (Å²) < 4.78 is 31.2. The van der Waals surface area contributed by atoms with E-state index in [4.69, 9.17) is 0 Å². The Hall–Kier alpha value is -5.46. The Labute approximate surface area is 410 Å². The molecule has 3 aromatic rings. The maximum absolute atomic E-state index is 15.7. The number of imide groups is 1. The number of likely N-dealkylation sites (tertiary alicyclic amines) is 3. The predicted molar refractivity (Wildman–Crippen MR) is 264 cm³/mol. The number of halogens is 2. The molecule has 70 heavy (non-hydrogen) atoms. The Morgan fingerprint density at radius 3 is 2.17 bits per heavy atom. The van der Waals surface area contributed by atoms with Gasteiger partial charge in [-0.05, 0) is 138 Å². The quantitative estimate of drug-likeness (QED) is 0.122. The van der Waals surface area contributed by atoms with E-state index in [0.717, 1.165) is 114 Å². The number of fused-ring (bicyclic) bond motifs is 1. The first-order valence-corrected chi connectivity index (χ1v) is 25.7. The summed E-state index contributed by atoms with van der Waals surface area (Å²) in [6.07, 6.45) is 10.1. The van der Waals surface area contributed by atoms with Crippen LogP contribution in [0.4, 0.5) is 31.8 Å². The van der Waals surface area contributed by atoms with E-state index in [1.807, 2.05) is 24.3 Å². The molecule has 16 nitrogen and oxygen atoms in total. The van der Waals surface area contributed by atoms with E-state index in [-0.39, 0.29) is 41.8 Å². The Bertz CT molecular complexity index is 2460. The van der Waals surface area contributed by atoms with Gasteiger partial charge in [0, 0.05) is 94.3 Å². The number of hydrogen-bond acceptors (Lipinski definition) is 13. The Kier molecular flexibility index (Phi) is 13.7. The average Bonchev–Trinajstić information content (AvgIpc) is 4.03. The number of amides is 4. The highest BCUT2D eigenvalue weighted by molar-refractivity contribution is 6.05. The largest absolute Gasteiger partial charge is 0.385 e. The number of piperazine rings is 1. The molecule has 6 fully saturated rings. The fraction of sp³-hybridized carbons (Fsp3) is 0.615. The van der Waals surface area contributed by atoms with Crippen molar-refractivity contribution in [2.24, 2.45) is 10.8 Å². The number of aromatic nitrogens is 2. The van der Waals surface area contributed by atoms with Gasteiger partial charge in [-0.1, -0.05) is 13.8 Å². The van der Waals surface area contributed by atoms with Gasteiger partial charge in [-0.3, -0.25) is 29.4 Å². The SMILES string of the molecule is CC1(C)CCN(Cc2cc(F)c(N3CC(=O)NC4(CCN(c5cc(NCCCN6CC[C@@]7(CCN(CCCNc8ccc9c(c8)CN(C8CCC(=O)NC8=O)C9=O)C7)C6)ncn5)CC4)C3)cc2F)CC1. The Morgan fingerprint density at radius 1 is 0.729 bits per heavy atom. The lowest BCUT2D eigenvalue weighted by molar-refractivity contribution is -0.137. The monoisotopic (exact) mass is 965 g/mol. The first-order valence-electron chi connectivity index (χ1n) is 25.7. The van der Waals surface area contributed by atoms with Gasteiger partial charge in [0.25, 0.3) is 5.91 Å². The minimum atomic E-state index is -0.607. The molecule has 0 aliphatic carbocycles. The van der Waals surface area contributed by atoms with Gasteiger partial charge in [0.1, 0.15) is 35.6 Å². The van der Waals surface area contributed by atoms with Gasteiger partial charge in [0.2, 0.25) is 17.7 Å². The lowest BCUT2D eigenvalue weighted by Gasteiger charge is -2.48. The Morgan fingerprint density at radius 2 is 1.44 bits per heavy atom. The topological polar surface area (TPSA) is 162 Å². The molecular weight excluding hydrogens is 895 g/mol. The van der Waals surface area contributed by atoms with E-state index >= 15 is 8.78 Å². The van der Waals surface area contributed by atoms with Crippen LogP contribution in [0.2, 0.25) is 0 Å². The highest BCUT2D eigenvalue weighted by atomic mass is 19.1. The van der Waals surface area contributed by atoms with Crippen LogP contribution in [0.5, 0.6) is 0 Å². The van der Waals surface area contributed by atoms with Crippen LogP contribution in [0, 0.1) is 22.5 Å². The van der Waals surface area contributed by atoms with Crippen LogP contribution in [-0.2, 0) is 27.5 Å². The number of piperidine rings is 3. The highest BCUT2D eigenvalue weighted by Gasteiger charge is 2.44. The summed E-state index contributed by atoms with van der Waals surface area (Å²) in [6, 6.07) is 9.81. The third kappa shape index (κ3) is 10.7. The maximum Gasteiger partial charge on any atom is 0.255 e. The first-order chi connectivity index (χ1) is 33.7. The second kappa shape index (κ2) is 20.0. The van der Waals surface area contributed by atoms with Gasteiger partial charge >= 0.3 is 0 Å². The van der Waals surface area contributed by atoms with E-state index in [9.17, 15) is 19.2 Å². The van der Waals surface area contributed by atoms with Crippen LogP contribution in [0.25, 0.3) is 0 Å². The van der Waals surface area contributed by atoms with Gasteiger partial charge < -0.3 is 40.4 Å². The molecule has 4 amide bonds. The first kappa shape index (κ1) is 48.2. The summed E-state index contributed by atoms with van der Waals surface area (Å²) in [5.74, 6) is -0.303. The number of nitrogens with one attached hydrogen (secondary N) is 4. The second-order valence-corrected chi connectivity index (χ2v) is 22.2. The van der Waals surface area contributed by atoms with Crippen molar-refractivity contribution in [2.45, 2.75) is 103 Å². The molecule has 0 radical (unpaired) electrons. The highest BCUT2D eigenvalue weighted by Crippen LogP contribution is 2.40. The Balaban J connectivity index is 0.627. The zero-order chi connectivity index (χ0) is 48.6. The minimum absolute atomic E-state index is 0.00991. The van der Waals surface area contributed by atoms with Crippen LogP contribution >= 0.6 is 0 Å². The third-order valence-electron chi connectivity index (χ3n) is 16.5. The van der Waals surface area contributed by atoms with Crippen LogP contribution in [0.15, 0.2) is 42.7 Å². The summed E-state index contributed by atoms with van der Waals surface area (Å²) in [5.41, 5.74) is 3.11. The number of anilines is 4. The number of carbonyl (C=O) groups is 4. The fourth-order valence-electron chi connectivity index (χ4n) is 12.2. The molecule has 7 aliphatic heterocycles. The number of carbonyl (C=O) groups excluding carboxylic acids is 4. The van der Waals surface area contributed by atoms with E-state index in [2.05, 4.69) is 64.7 Å².